The van der Waals surface area contributed by atoms with Crippen LogP contribution in [0.25, 0.3) is 0 Å². The van der Waals surface area contributed by atoms with E-state index in [1.807, 2.05) is 0 Å². The second-order valence-electron chi connectivity index (χ2n) is 5.06. The molecular formula is C13H28N2O2. The van der Waals surface area contributed by atoms with Crippen LogP contribution in [0, 0.1) is 5.92 Å². The van der Waals surface area contributed by atoms with Crippen LogP contribution in [-0.2, 0) is 4.74 Å². The highest BCUT2D eigenvalue weighted by atomic mass is 16.5. The predicted molar refractivity (Wildman–Crippen MR) is 70.0 cm³/mol. The van der Waals surface area contributed by atoms with Crippen LogP contribution in [0.5, 0.6) is 0 Å². The first kappa shape index (κ1) is 14.9. The molecule has 0 aliphatic carbocycles. The second kappa shape index (κ2) is 8.86. The Labute approximate surface area is 105 Å². The van der Waals surface area contributed by atoms with E-state index >= 15 is 0 Å². The minimum atomic E-state index is 0.316. The number of methoxy groups -OCH3 is 1. The lowest BCUT2D eigenvalue weighted by Gasteiger charge is -2.38. The lowest BCUT2D eigenvalue weighted by atomic mass is 9.93. The van der Waals surface area contributed by atoms with Gasteiger partial charge in [0.15, 0.2) is 0 Å². The third-order valence-corrected chi connectivity index (χ3v) is 3.70. The monoisotopic (exact) mass is 244 g/mol. The Morgan fingerprint density at radius 2 is 2.35 bits per heavy atom. The smallest absolute Gasteiger partial charge is 0.0618 e. The molecular weight excluding hydrogens is 216 g/mol. The Morgan fingerprint density at radius 1 is 1.53 bits per heavy atom. The number of aliphatic hydroxyl groups excluding tert-OH is 1. The Kier molecular flexibility index (Phi) is 7.77. The highest BCUT2D eigenvalue weighted by Gasteiger charge is 2.25. The maximum Gasteiger partial charge on any atom is 0.0618 e. The molecule has 17 heavy (non-hydrogen) atoms. The number of nitrogens with zero attached hydrogens (tertiary/aromatic N) is 1. The van der Waals surface area contributed by atoms with E-state index in [4.69, 9.17) is 15.6 Å². The Morgan fingerprint density at radius 3 is 3.00 bits per heavy atom. The summed E-state index contributed by atoms with van der Waals surface area (Å²) in [5.41, 5.74) is 5.59. The van der Waals surface area contributed by atoms with Crippen molar-refractivity contribution in [3.8, 4) is 0 Å². The van der Waals surface area contributed by atoms with Gasteiger partial charge in [0.25, 0.3) is 0 Å². The van der Waals surface area contributed by atoms with Gasteiger partial charge in [-0.25, -0.2) is 0 Å². The molecule has 1 saturated heterocycles. The van der Waals surface area contributed by atoms with E-state index in [9.17, 15) is 0 Å². The number of ether oxygens (including phenoxy) is 1. The van der Waals surface area contributed by atoms with E-state index in [0.29, 0.717) is 18.6 Å². The summed E-state index contributed by atoms with van der Waals surface area (Å²) in [5.74, 6) is 0.658. The van der Waals surface area contributed by atoms with Gasteiger partial charge in [-0.1, -0.05) is 0 Å². The standard InChI is InChI=1S/C13H28N2O2/c1-17-11-13(5-2-7-14)15-8-3-4-12(10-15)6-9-16/h12-13,16H,2-11,14H2,1H3. The number of hydrogen-bond acceptors (Lipinski definition) is 4. The number of aliphatic hydroxyl groups is 1. The zero-order chi connectivity index (χ0) is 12.5. The summed E-state index contributed by atoms with van der Waals surface area (Å²) in [6, 6.07) is 0.505. The SMILES string of the molecule is COCC(CCCN)N1CCCC(CCO)C1. The molecule has 4 nitrogen and oxygen atoms in total. The molecule has 2 atom stereocenters. The van der Waals surface area contributed by atoms with Gasteiger partial charge in [0.05, 0.1) is 6.61 Å². The van der Waals surface area contributed by atoms with E-state index in [-0.39, 0.29) is 0 Å². The first-order valence-corrected chi connectivity index (χ1v) is 6.85. The third kappa shape index (κ3) is 5.34. The summed E-state index contributed by atoms with van der Waals surface area (Å²) in [4.78, 5) is 2.53. The average Bonchev–Trinajstić information content (AvgIpc) is 2.35. The fourth-order valence-electron chi connectivity index (χ4n) is 2.76. The van der Waals surface area contributed by atoms with E-state index in [1.165, 1.54) is 19.4 Å². The van der Waals surface area contributed by atoms with Crippen LogP contribution in [0.4, 0.5) is 0 Å². The fraction of sp³-hybridized carbons (Fsp3) is 1.00. The lowest BCUT2D eigenvalue weighted by molar-refractivity contribution is 0.0492. The van der Waals surface area contributed by atoms with Gasteiger partial charge >= 0.3 is 0 Å². The molecule has 102 valence electrons. The quantitative estimate of drug-likeness (QED) is 0.664. The molecule has 2 unspecified atom stereocenters. The zero-order valence-corrected chi connectivity index (χ0v) is 11.1. The molecule has 0 aromatic rings. The first-order chi connectivity index (χ1) is 8.31. The second-order valence-corrected chi connectivity index (χ2v) is 5.06. The number of rotatable bonds is 8. The topological polar surface area (TPSA) is 58.7 Å². The molecule has 1 rings (SSSR count). The predicted octanol–water partition coefficient (Wildman–Crippen LogP) is 0.835. The molecule has 4 heteroatoms. The van der Waals surface area contributed by atoms with Crippen molar-refractivity contribution in [1.29, 1.82) is 0 Å². The molecule has 0 bridgehead atoms. The summed E-state index contributed by atoms with van der Waals surface area (Å²) in [6.07, 6.45) is 5.62. The van der Waals surface area contributed by atoms with Crippen molar-refractivity contribution in [1.82, 2.24) is 4.90 Å². The molecule has 0 radical (unpaired) electrons. The molecule has 3 N–H and O–H groups in total. The first-order valence-electron chi connectivity index (χ1n) is 6.85. The molecule has 0 spiro atoms. The van der Waals surface area contributed by atoms with Crippen LogP contribution in [-0.4, -0.2) is 56.0 Å². The van der Waals surface area contributed by atoms with E-state index in [1.54, 1.807) is 7.11 Å². The highest BCUT2D eigenvalue weighted by Crippen LogP contribution is 2.22. The molecule has 0 saturated carbocycles. The summed E-state index contributed by atoms with van der Waals surface area (Å²) in [5, 5.41) is 9.03. The van der Waals surface area contributed by atoms with Crippen molar-refractivity contribution >= 4 is 0 Å². The number of piperidine rings is 1. The Hall–Kier alpha value is -0.160. The van der Waals surface area contributed by atoms with Gasteiger partial charge in [-0.05, 0) is 51.1 Å². The van der Waals surface area contributed by atoms with Crippen molar-refractivity contribution in [3.63, 3.8) is 0 Å². The highest BCUT2D eigenvalue weighted by molar-refractivity contribution is 4.79. The van der Waals surface area contributed by atoms with Gasteiger partial charge < -0.3 is 15.6 Å². The van der Waals surface area contributed by atoms with Gasteiger partial charge in [0, 0.05) is 26.3 Å². The minimum absolute atomic E-state index is 0.316. The number of nitrogens with two attached hydrogens (primary N) is 1. The maximum absolute atomic E-state index is 9.03. The molecule has 0 aromatic carbocycles. The molecule has 0 aromatic heterocycles. The number of likely N-dealkylation sites (tertiary alicyclic amines) is 1. The summed E-state index contributed by atoms with van der Waals surface area (Å²) in [6.45, 7) is 4.15. The molecule has 1 aliphatic rings. The fourth-order valence-corrected chi connectivity index (χ4v) is 2.76. The van der Waals surface area contributed by atoms with Crippen molar-refractivity contribution < 1.29 is 9.84 Å². The van der Waals surface area contributed by atoms with Crippen LogP contribution in [0.1, 0.15) is 32.1 Å². The van der Waals surface area contributed by atoms with Crippen molar-refractivity contribution in [3.05, 3.63) is 0 Å². The van der Waals surface area contributed by atoms with Gasteiger partial charge in [0.1, 0.15) is 0 Å². The normalized spacial score (nSPS) is 23.8. The van der Waals surface area contributed by atoms with Crippen molar-refractivity contribution in [2.75, 3.05) is 40.0 Å². The summed E-state index contributed by atoms with van der Waals surface area (Å²) in [7, 11) is 1.77. The summed E-state index contributed by atoms with van der Waals surface area (Å²) >= 11 is 0. The van der Waals surface area contributed by atoms with E-state index in [2.05, 4.69) is 4.90 Å². The lowest BCUT2D eigenvalue weighted by Crippen LogP contribution is -2.45. The van der Waals surface area contributed by atoms with Crippen molar-refractivity contribution in [2.45, 2.75) is 38.1 Å². The largest absolute Gasteiger partial charge is 0.396 e. The molecule has 0 amide bonds. The Balaban J connectivity index is 2.41. The number of hydrogen-bond donors (Lipinski definition) is 2. The van der Waals surface area contributed by atoms with Gasteiger partial charge in [0.2, 0.25) is 0 Å². The van der Waals surface area contributed by atoms with E-state index < -0.39 is 0 Å². The average molecular weight is 244 g/mol. The van der Waals surface area contributed by atoms with Crippen molar-refractivity contribution in [2.24, 2.45) is 11.7 Å². The molecule has 1 heterocycles. The van der Waals surface area contributed by atoms with Crippen LogP contribution in [0.3, 0.4) is 0 Å². The van der Waals surface area contributed by atoms with E-state index in [0.717, 1.165) is 39.0 Å². The van der Waals surface area contributed by atoms with Gasteiger partial charge in [-0.3, -0.25) is 4.90 Å². The summed E-state index contributed by atoms with van der Waals surface area (Å²) < 4.78 is 5.32. The van der Waals surface area contributed by atoms with Gasteiger partial charge in [-0.15, -0.1) is 0 Å². The van der Waals surface area contributed by atoms with Crippen LogP contribution in [0.15, 0.2) is 0 Å². The molecule has 1 fully saturated rings. The Bertz CT molecular complexity index is 188. The van der Waals surface area contributed by atoms with Crippen LogP contribution in [0.2, 0.25) is 0 Å². The zero-order valence-electron chi connectivity index (χ0n) is 11.1. The molecule has 1 aliphatic heterocycles. The van der Waals surface area contributed by atoms with Crippen LogP contribution < -0.4 is 5.73 Å². The maximum atomic E-state index is 9.03. The minimum Gasteiger partial charge on any atom is -0.396 e. The van der Waals surface area contributed by atoms with Gasteiger partial charge in [-0.2, -0.15) is 0 Å². The third-order valence-electron chi connectivity index (χ3n) is 3.70. The van der Waals surface area contributed by atoms with Crippen LogP contribution >= 0.6 is 0 Å².